The third-order valence-electron chi connectivity index (χ3n) is 3.69. The smallest absolute Gasteiger partial charge is 0.135 e. The van der Waals surface area contributed by atoms with Crippen molar-refractivity contribution in [3.8, 4) is 11.3 Å². The Balaban J connectivity index is 2.78. The van der Waals surface area contributed by atoms with Gasteiger partial charge in [0.05, 0.1) is 13.8 Å². The molecule has 1 heterocycles. The Hall–Kier alpha value is -1.48. The molecule has 0 unspecified atom stereocenters. The number of aromatic nitrogens is 1. The molecular formula is C20H28FNSi. The highest BCUT2D eigenvalue weighted by Gasteiger charge is 2.24. The van der Waals surface area contributed by atoms with Crippen LogP contribution in [0, 0.1) is 18.2 Å². The molecule has 0 atom stereocenters. The molecule has 0 fully saturated rings. The lowest BCUT2D eigenvalue weighted by molar-refractivity contribution is 0.412. The predicted octanol–water partition coefficient (Wildman–Crippen LogP) is 5.33. The molecule has 0 aliphatic carbocycles. The van der Waals surface area contributed by atoms with Gasteiger partial charge in [-0.25, -0.2) is 4.39 Å². The first-order valence-corrected chi connectivity index (χ1v) is 11.5. The molecule has 0 saturated carbocycles. The Kier molecular flexibility index (Phi) is 4.06. The highest BCUT2D eigenvalue weighted by molar-refractivity contribution is 6.89. The average Bonchev–Trinajstić information content (AvgIpc) is 2.47. The van der Waals surface area contributed by atoms with Gasteiger partial charge in [0.25, 0.3) is 0 Å². The second-order valence-corrected chi connectivity index (χ2v) is 13.2. The average molecular weight is 332 g/mol. The van der Waals surface area contributed by atoms with Crippen molar-refractivity contribution in [3.05, 3.63) is 47.4 Å². The van der Waals surface area contributed by atoms with Crippen LogP contribution in [0.3, 0.4) is 0 Å². The molecule has 1 aromatic heterocycles. The number of rotatable bonds is 3. The third-order valence-corrected chi connectivity index (χ3v) is 5.70. The van der Waals surface area contributed by atoms with E-state index < -0.39 is 19.9 Å². The van der Waals surface area contributed by atoms with Crippen LogP contribution in [0.25, 0.3) is 11.3 Å². The fourth-order valence-electron chi connectivity index (χ4n) is 2.55. The van der Waals surface area contributed by atoms with Crippen LogP contribution >= 0.6 is 0 Å². The van der Waals surface area contributed by atoms with Gasteiger partial charge in [-0.3, -0.25) is 4.98 Å². The Morgan fingerprint density at radius 2 is 1.87 bits per heavy atom. The Morgan fingerprint density at radius 3 is 2.43 bits per heavy atom. The van der Waals surface area contributed by atoms with Crippen molar-refractivity contribution in [3.63, 3.8) is 0 Å². The van der Waals surface area contributed by atoms with Crippen LogP contribution in [0.15, 0.2) is 30.5 Å². The van der Waals surface area contributed by atoms with Gasteiger partial charge in [0.1, 0.15) is 5.82 Å². The Bertz CT molecular complexity index is 789. The lowest BCUT2D eigenvalue weighted by Gasteiger charge is -2.26. The first kappa shape index (κ1) is 15.1. The van der Waals surface area contributed by atoms with E-state index in [1.54, 1.807) is 37.4 Å². The zero-order chi connectivity index (χ0) is 19.2. The summed E-state index contributed by atoms with van der Waals surface area (Å²) in [6.45, 7) is 14.0. The quantitative estimate of drug-likeness (QED) is 0.693. The zero-order valence-corrected chi connectivity index (χ0v) is 16.2. The van der Waals surface area contributed by atoms with E-state index >= 15 is 0 Å². The minimum Gasteiger partial charge on any atom is -0.256 e. The van der Waals surface area contributed by atoms with Crippen LogP contribution in [0.2, 0.25) is 19.6 Å². The molecule has 23 heavy (non-hydrogen) atoms. The Morgan fingerprint density at radius 1 is 1.22 bits per heavy atom. The topological polar surface area (TPSA) is 12.9 Å². The second-order valence-electron chi connectivity index (χ2n) is 8.18. The molecule has 0 bridgehead atoms. The highest BCUT2D eigenvalue weighted by Crippen LogP contribution is 2.27. The summed E-state index contributed by atoms with van der Waals surface area (Å²) < 4.78 is 32.1. The molecule has 2 rings (SSSR count). The first-order chi connectivity index (χ1) is 11.3. The summed E-state index contributed by atoms with van der Waals surface area (Å²) >= 11 is 0. The summed E-state index contributed by atoms with van der Waals surface area (Å²) in [5.41, 5.74) is 1.55. The van der Waals surface area contributed by atoms with Crippen molar-refractivity contribution in [2.45, 2.75) is 53.7 Å². The predicted molar refractivity (Wildman–Crippen MR) is 101 cm³/mol. The van der Waals surface area contributed by atoms with E-state index in [4.69, 9.17) is 2.74 Å². The lowest BCUT2D eigenvalue weighted by Crippen LogP contribution is -2.41. The molecule has 0 spiro atoms. The minimum atomic E-state index is -1.81. The normalized spacial score (nSPS) is 14.4. The molecular weight excluding hydrogens is 301 g/mol. The second kappa shape index (κ2) is 6.20. The van der Waals surface area contributed by atoms with E-state index in [1.165, 1.54) is 0 Å². The Labute approximate surface area is 143 Å². The van der Waals surface area contributed by atoms with E-state index in [9.17, 15) is 4.39 Å². The first-order valence-electron chi connectivity index (χ1n) is 9.03. The van der Waals surface area contributed by atoms with Crippen LogP contribution < -0.4 is 5.19 Å². The van der Waals surface area contributed by atoms with Gasteiger partial charge in [-0.2, -0.15) is 0 Å². The SMILES string of the molecule is [2H]C([2H])(c1cc(-c2cccc(C)c2F)ncc1[Si](C)(C)C)C(C)(C)C. The largest absolute Gasteiger partial charge is 0.256 e. The summed E-state index contributed by atoms with van der Waals surface area (Å²) in [6, 6.07) is 7.00. The number of halogens is 1. The summed E-state index contributed by atoms with van der Waals surface area (Å²) in [7, 11) is -1.81. The molecule has 0 amide bonds. The number of aryl methyl sites for hydroxylation is 1. The third kappa shape index (κ3) is 4.29. The summed E-state index contributed by atoms with van der Waals surface area (Å²) in [6.07, 6.45) is 0.225. The van der Waals surface area contributed by atoms with E-state index in [2.05, 4.69) is 24.6 Å². The molecule has 3 heteroatoms. The van der Waals surface area contributed by atoms with Crippen LogP contribution in [-0.2, 0) is 6.37 Å². The number of hydrogen-bond donors (Lipinski definition) is 0. The standard InChI is InChI=1S/C20H28FNSi/c1-14-9-8-10-16(19(14)21)17-11-15(12-20(2,3)4)18(13-22-17)23(5,6)7/h8-11,13H,12H2,1-7H3/i12D2. The van der Waals surface area contributed by atoms with Crippen molar-refractivity contribution in [2.24, 2.45) is 5.41 Å². The van der Waals surface area contributed by atoms with Gasteiger partial charge in [-0.1, -0.05) is 52.5 Å². The summed E-state index contributed by atoms with van der Waals surface area (Å²) in [5, 5.41) is 0.990. The van der Waals surface area contributed by atoms with Crippen LogP contribution in [0.1, 0.15) is 34.6 Å². The van der Waals surface area contributed by atoms with Gasteiger partial charge in [0.15, 0.2) is 0 Å². The number of benzene rings is 1. The van der Waals surface area contributed by atoms with Crippen molar-refractivity contribution >= 4 is 13.3 Å². The number of hydrogen-bond acceptors (Lipinski definition) is 1. The number of pyridine rings is 1. The van der Waals surface area contributed by atoms with E-state index in [0.717, 1.165) is 5.19 Å². The van der Waals surface area contributed by atoms with Gasteiger partial charge < -0.3 is 0 Å². The van der Waals surface area contributed by atoms with Gasteiger partial charge in [0.2, 0.25) is 0 Å². The summed E-state index contributed by atoms with van der Waals surface area (Å²) in [5.74, 6) is -0.293. The van der Waals surface area contributed by atoms with Crippen molar-refractivity contribution in [1.82, 2.24) is 4.98 Å². The summed E-state index contributed by atoms with van der Waals surface area (Å²) in [4.78, 5) is 4.50. The molecule has 0 aliphatic heterocycles. The van der Waals surface area contributed by atoms with Crippen LogP contribution in [-0.4, -0.2) is 13.1 Å². The maximum Gasteiger partial charge on any atom is 0.135 e. The maximum absolute atomic E-state index is 14.6. The molecule has 1 aromatic carbocycles. The van der Waals surface area contributed by atoms with Gasteiger partial charge in [-0.05, 0) is 47.2 Å². The molecule has 124 valence electrons. The van der Waals surface area contributed by atoms with E-state index in [0.29, 0.717) is 22.4 Å². The van der Waals surface area contributed by atoms with Gasteiger partial charge in [-0.15, -0.1) is 0 Å². The van der Waals surface area contributed by atoms with Crippen LogP contribution in [0.5, 0.6) is 0 Å². The van der Waals surface area contributed by atoms with Crippen molar-refractivity contribution in [1.29, 1.82) is 0 Å². The van der Waals surface area contributed by atoms with Gasteiger partial charge >= 0.3 is 0 Å². The fourth-order valence-corrected chi connectivity index (χ4v) is 3.95. The van der Waals surface area contributed by atoms with E-state index in [1.807, 2.05) is 20.8 Å². The molecule has 0 saturated heterocycles. The lowest BCUT2D eigenvalue weighted by atomic mass is 9.88. The van der Waals surface area contributed by atoms with Crippen molar-refractivity contribution < 1.29 is 7.13 Å². The molecule has 0 radical (unpaired) electrons. The minimum absolute atomic E-state index is 0.293. The monoisotopic (exact) mass is 331 g/mol. The maximum atomic E-state index is 14.6. The molecule has 0 aliphatic rings. The zero-order valence-electron chi connectivity index (χ0n) is 17.2. The van der Waals surface area contributed by atoms with E-state index in [-0.39, 0.29) is 5.82 Å². The number of nitrogens with zero attached hydrogens (tertiary/aromatic N) is 1. The molecule has 2 aromatic rings. The molecule has 1 nitrogen and oxygen atoms in total. The fraction of sp³-hybridized carbons (Fsp3) is 0.450. The van der Waals surface area contributed by atoms with Crippen LogP contribution in [0.4, 0.5) is 4.39 Å². The van der Waals surface area contributed by atoms with Gasteiger partial charge in [0, 0.05) is 14.5 Å². The highest BCUT2D eigenvalue weighted by atomic mass is 28.3. The molecule has 0 N–H and O–H groups in total. The van der Waals surface area contributed by atoms with Crippen molar-refractivity contribution in [2.75, 3.05) is 0 Å².